The van der Waals surface area contributed by atoms with Gasteiger partial charge in [0, 0.05) is 6.61 Å². The van der Waals surface area contributed by atoms with Crippen LogP contribution < -0.4 is 5.73 Å². The largest absolute Gasteiger partial charge is 0.481 e. The molecule has 1 aromatic rings. The zero-order valence-corrected chi connectivity index (χ0v) is 14.8. The Morgan fingerprint density at radius 3 is 2.36 bits per heavy atom. The number of primary amides is 1. The Kier molecular flexibility index (Phi) is 4.87. The predicted molar refractivity (Wildman–Crippen MR) is 94.3 cm³/mol. The number of nitrogens with two attached hydrogens (primary N) is 1. The van der Waals surface area contributed by atoms with Gasteiger partial charge in [-0.2, -0.15) is 0 Å². The highest BCUT2D eigenvalue weighted by Crippen LogP contribution is 2.45. The SMILES string of the molecule is CCC(C(=O)O)(c1ccc(C2(C(N)=O)CCOC2)cc1)C1CCCC1. The first kappa shape index (κ1) is 17.9. The number of aliphatic carboxylic acids is 1. The molecule has 136 valence electrons. The quantitative estimate of drug-likeness (QED) is 0.829. The Balaban J connectivity index is 1.99. The summed E-state index contributed by atoms with van der Waals surface area (Å²) in [5.74, 6) is -0.960. The van der Waals surface area contributed by atoms with E-state index < -0.39 is 16.8 Å². The molecular formula is C20H27NO4. The van der Waals surface area contributed by atoms with Crippen molar-refractivity contribution in [2.45, 2.75) is 56.3 Å². The molecule has 1 heterocycles. The van der Waals surface area contributed by atoms with E-state index in [2.05, 4.69) is 0 Å². The number of hydrogen-bond donors (Lipinski definition) is 2. The summed E-state index contributed by atoms with van der Waals surface area (Å²) in [6.07, 6.45) is 5.25. The fraction of sp³-hybridized carbons (Fsp3) is 0.600. The van der Waals surface area contributed by atoms with Gasteiger partial charge in [-0.05, 0) is 42.7 Å². The summed E-state index contributed by atoms with van der Waals surface area (Å²) in [7, 11) is 0. The van der Waals surface area contributed by atoms with Crippen LogP contribution >= 0.6 is 0 Å². The van der Waals surface area contributed by atoms with E-state index in [1.54, 1.807) is 0 Å². The number of carboxylic acid groups (broad SMARTS) is 1. The highest BCUT2D eigenvalue weighted by molar-refractivity contribution is 5.87. The van der Waals surface area contributed by atoms with Crippen LogP contribution in [0.1, 0.15) is 56.6 Å². The Bertz CT molecular complexity index is 642. The number of ether oxygens (including phenoxy) is 1. The van der Waals surface area contributed by atoms with Crippen molar-refractivity contribution in [3.63, 3.8) is 0 Å². The molecule has 25 heavy (non-hydrogen) atoms. The topological polar surface area (TPSA) is 89.6 Å². The van der Waals surface area contributed by atoms with Gasteiger partial charge in [-0.3, -0.25) is 9.59 Å². The maximum absolute atomic E-state index is 12.3. The van der Waals surface area contributed by atoms with Crippen LogP contribution in [-0.4, -0.2) is 30.2 Å². The molecule has 1 amide bonds. The highest BCUT2D eigenvalue weighted by atomic mass is 16.5. The second-order valence-corrected chi connectivity index (χ2v) is 7.44. The molecule has 2 unspecified atom stereocenters. The van der Waals surface area contributed by atoms with Crippen LogP contribution in [0.2, 0.25) is 0 Å². The van der Waals surface area contributed by atoms with E-state index in [0.29, 0.717) is 26.1 Å². The lowest BCUT2D eigenvalue weighted by Gasteiger charge is -2.35. The van der Waals surface area contributed by atoms with Crippen molar-refractivity contribution in [2.75, 3.05) is 13.2 Å². The van der Waals surface area contributed by atoms with Crippen LogP contribution in [0.15, 0.2) is 24.3 Å². The number of rotatable bonds is 6. The second-order valence-electron chi connectivity index (χ2n) is 7.44. The lowest BCUT2D eigenvalue weighted by molar-refractivity contribution is -0.146. The zero-order chi connectivity index (χ0) is 18.1. The molecular weight excluding hydrogens is 318 g/mol. The third kappa shape index (κ3) is 2.74. The molecule has 2 atom stereocenters. The molecule has 2 aliphatic rings. The van der Waals surface area contributed by atoms with Gasteiger partial charge in [0.15, 0.2) is 0 Å². The molecule has 5 heteroatoms. The maximum atomic E-state index is 12.3. The number of amides is 1. The van der Waals surface area contributed by atoms with E-state index >= 15 is 0 Å². The molecule has 2 fully saturated rings. The monoisotopic (exact) mass is 345 g/mol. The summed E-state index contributed by atoms with van der Waals surface area (Å²) in [4.78, 5) is 24.3. The summed E-state index contributed by atoms with van der Waals surface area (Å²) >= 11 is 0. The molecule has 0 spiro atoms. The van der Waals surface area contributed by atoms with Crippen molar-refractivity contribution in [1.82, 2.24) is 0 Å². The van der Waals surface area contributed by atoms with Gasteiger partial charge >= 0.3 is 5.97 Å². The Morgan fingerprint density at radius 2 is 1.92 bits per heavy atom. The van der Waals surface area contributed by atoms with E-state index in [-0.39, 0.29) is 11.8 Å². The first-order chi connectivity index (χ1) is 12.0. The normalized spacial score (nSPS) is 26.4. The molecule has 0 bridgehead atoms. The molecule has 1 aromatic carbocycles. The van der Waals surface area contributed by atoms with Crippen molar-refractivity contribution in [1.29, 1.82) is 0 Å². The average molecular weight is 345 g/mol. The molecule has 5 nitrogen and oxygen atoms in total. The molecule has 1 aliphatic heterocycles. The third-order valence-corrected chi connectivity index (χ3v) is 6.44. The Hall–Kier alpha value is -1.88. The van der Waals surface area contributed by atoms with Crippen molar-refractivity contribution in [2.24, 2.45) is 11.7 Å². The maximum Gasteiger partial charge on any atom is 0.314 e. The van der Waals surface area contributed by atoms with Crippen LogP contribution in [-0.2, 0) is 25.2 Å². The summed E-state index contributed by atoms with van der Waals surface area (Å²) < 4.78 is 5.42. The molecule has 3 rings (SSSR count). The predicted octanol–water partition coefficient (Wildman–Crippen LogP) is 2.75. The molecule has 0 aromatic heterocycles. The van der Waals surface area contributed by atoms with Crippen LogP contribution in [0.3, 0.4) is 0 Å². The van der Waals surface area contributed by atoms with E-state index in [0.717, 1.165) is 36.8 Å². The van der Waals surface area contributed by atoms with Gasteiger partial charge < -0.3 is 15.6 Å². The minimum absolute atomic E-state index is 0.167. The van der Waals surface area contributed by atoms with Gasteiger partial charge in [0.2, 0.25) is 5.91 Å². The molecule has 3 N–H and O–H groups in total. The number of benzene rings is 1. The van der Waals surface area contributed by atoms with E-state index in [9.17, 15) is 14.7 Å². The summed E-state index contributed by atoms with van der Waals surface area (Å²) in [6.45, 7) is 2.76. The van der Waals surface area contributed by atoms with E-state index in [1.807, 2.05) is 31.2 Å². The number of carboxylic acids is 1. The molecule has 1 saturated heterocycles. The van der Waals surface area contributed by atoms with Crippen LogP contribution in [0.4, 0.5) is 0 Å². The van der Waals surface area contributed by atoms with Crippen LogP contribution in [0.5, 0.6) is 0 Å². The lowest BCUT2D eigenvalue weighted by Crippen LogP contribution is -2.43. The molecule has 1 saturated carbocycles. The molecule has 0 radical (unpaired) electrons. The van der Waals surface area contributed by atoms with Gasteiger partial charge in [0.25, 0.3) is 0 Å². The Labute approximate surface area is 148 Å². The van der Waals surface area contributed by atoms with E-state index in [1.165, 1.54) is 0 Å². The first-order valence-corrected chi connectivity index (χ1v) is 9.19. The summed E-state index contributed by atoms with van der Waals surface area (Å²) in [5, 5.41) is 10.1. The van der Waals surface area contributed by atoms with Crippen LogP contribution in [0.25, 0.3) is 0 Å². The van der Waals surface area contributed by atoms with Crippen molar-refractivity contribution < 1.29 is 19.4 Å². The standard InChI is InChI=1S/C20H27NO4/c1-2-20(18(23)24,15-5-3-4-6-15)16-9-7-14(8-10-16)19(17(21)22)11-12-25-13-19/h7-10,15H,2-6,11-13H2,1H3,(H2,21,22)(H,23,24). The lowest BCUT2D eigenvalue weighted by atomic mass is 9.67. The van der Waals surface area contributed by atoms with Gasteiger partial charge in [0.05, 0.1) is 17.4 Å². The minimum atomic E-state index is -0.846. The van der Waals surface area contributed by atoms with Crippen LogP contribution in [0, 0.1) is 5.92 Å². The van der Waals surface area contributed by atoms with Gasteiger partial charge in [-0.1, -0.05) is 44.0 Å². The summed E-state index contributed by atoms with van der Waals surface area (Å²) in [5.41, 5.74) is 5.67. The first-order valence-electron chi connectivity index (χ1n) is 9.19. The zero-order valence-electron chi connectivity index (χ0n) is 14.8. The number of carbonyl (C=O) groups excluding carboxylic acids is 1. The van der Waals surface area contributed by atoms with Crippen molar-refractivity contribution >= 4 is 11.9 Å². The minimum Gasteiger partial charge on any atom is -0.481 e. The average Bonchev–Trinajstić information content (AvgIpc) is 3.29. The van der Waals surface area contributed by atoms with Gasteiger partial charge in [0.1, 0.15) is 0 Å². The third-order valence-electron chi connectivity index (χ3n) is 6.44. The fourth-order valence-corrected chi connectivity index (χ4v) is 4.81. The van der Waals surface area contributed by atoms with Gasteiger partial charge in [-0.25, -0.2) is 0 Å². The van der Waals surface area contributed by atoms with Gasteiger partial charge in [-0.15, -0.1) is 0 Å². The number of hydrogen-bond acceptors (Lipinski definition) is 3. The second kappa shape index (κ2) is 6.79. The Morgan fingerprint density at radius 1 is 1.28 bits per heavy atom. The van der Waals surface area contributed by atoms with E-state index in [4.69, 9.17) is 10.5 Å². The summed E-state index contributed by atoms with van der Waals surface area (Å²) in [6, 6.07) is 7.51. The van der Waals surface area contributed by atoms with Crippen molar-refractivity contribution in [3.8, 4) is 0 Å². The smallest absolute Gasteiger partial charge is 0.314 e. The van der Waals surface area contributed by atoms with Crippen molar-refractivity contribution in [3.05, 3.63) is 35.4 Å². The number of carbonyl (C=O) groups is 2. The fourth-order valence-electron chi connectivity index (χ4n) is 4.81. The molecule has 1 aliphatic carbocycles. The highest BCUT2D eigenvalue weighted by Gasteiger charge is 2.47.